The van der Waals surface area contributed by atoms with Crippen LogP contribution in [0.5, 0.6) is 0 Å². The third kappa shape index (κ3) is 12.6. The molecule has 0 spiro atoms. The van der Waals surface area contributed by atoms with Gasteiger partial charge in [-0.15, -0.1) is 0 Å². The number of hydrogen-bond donors (Lipinski definition) is 0. The summed E-state index contributed by atoms with van der Waals surface area (Å²) >= 11 is 0. The minimum absolute atomic E-state index is 0.00593. The first kappa shape index (κ1) is 72.6. The molecule has 0 radical (unpaired) electrons. The van der Waals surface area contributed by atoms with Crippen LogP contribution in [0.25, 0.3) is 0 Å². The molecule has 9 aliphatic rings. The lowest BCUT2D eigenvalue weighted by atomic mass is 9.33. The van der Waals surface area contributed by atoms with Gasteiger partial charge in [0.25, 0.3) is 0 Å². The lowest BCUT2D eigenvalue weighted by Gasteiger charge is -2.72. The van der Waals surface area contributed by atoms with E-state index in [2.05, 4.69) is 47.6 Å². The fourth-order valence-corrected chi connectivity index (χ4v) is 19.7. The number of esters is 1. The van der Waals surface area contributed by atoms with Crippen molar-refractivity contribution in [1.29, 1.82) is 0 Å². The summed E-state index contributed by atoms with van der Waals surface area (Å²) in [6.07, 6.45) is -4.87. The van der Waals surface area contributed by atoms with Crippen LogP contribution in [0.3, 0.4) is 0 Å². The maximum Gasteiger partial charge on any atom is 0.315 e. The highest BCUT2D eigenvalue weighted by molar-refractivity contribution is 5.79. The van der Waals surface area contributed by atoms with Gasteiger partial charge in [0.05, 0.1) is 50.2 Å². The molecule has 4 saturated heterocycles. The predicted octanol–water partition coefficient (Wildman–Crippen LogP) is 6.73. The van der Waals surface area contributed by atoms with Crippen LogP contribution >= 0.6 is 0 Å². The number of methoxy groups -OCH3 is 14. The van der Waals surface area contributed by atoms with Crippen molar-refractivity contribution in [3.05, 3.63) is 11.6 Å². The van der Waals surface area contributed by atoms with Crippen LogP contribution in [0.15, 0.2) is 11.6 Å². The summed E-state index contributed by atoms with van der Waals surface area (Å²) in [6.45, 7) is 17.3. The predicted molar refractivity (Wildman–Crippen MR) is 325 cm³/mol. The minimum atomic E-state index is -1.19. The van der Waals surface area contributed by atoms with Crippen LogP contribution in [-0.2, 0) is 109 Å². The van der Waals surface area contributed by atoms with Crippen LogP contribution in [0.4, 0.5) is 0 Å². The molecule has 4 aliphatic heterocycles. The van der Waals surface area contributed by atoms with Crippen molar-refractivity contribution < 1.29 is 109 Å². The van der Waals surface area contributed by atoms with Gasteiger partial charge < -0.3 is 104 Å². The molecule has 520 valence electrons. The fourth-order valence-electron chi connectivity index (χ4n) is 19.7. The molecule has 4 saturated carbocycles. The Balaban J connectivity index is 0.940. The van der Waals surface area contributed by atoms with Crippen molar-refractivity contribution in [2.45, 2.75) is 235 Å². The normalized spacial score (nSPS) is 48.5. The van der Waals surface area contributed by atoms with Gasteiger partial charge in [-0.25, -0.2) is 0 Å². The Morgan fingerprint density at radius 1 is 0.511 bits per heavy atom. The number of ether oxygens (including phenoxy) is 22. The zero-order chi connectivity index (χ0) is 65.5. The largest absolute Gasteiger partial charge is 0.432 e. The monoisotopic (exact) mass is 1290 g/mol. The van der Waals surface area contributed by atoms with Crippen LogP contribution in [-0.4, -0.2) is 261 Å². The number of allylic oxidation sites excluding steroid dienone is 2. The van der Waals surface area contributed by atoms with Gasteiger partial charge in [0.15, 0.2) is 18.9 Å². The van der Waals surface area contributed by atoms with E-state index in [4.69, 9.17) is 104 Å². The molecule has 0 N–H and O–H groups in total. The van der Waals surface area contributed by atoms with Gasteiger partial charge in [-0.3, -0.25) is 4.79 Å². The van der Waals surface area contributed by atoms with Gasteiger partial charge >= 0.3 is 5.97 Å². The third-order valence-corrected chi connectivity index (χ3v) is 24.4. The lowest BCUT2D eigenvalue weighted by molar-refractivity contribution is -0.381. The van der Waals surface area contributed by atoms with Crippen molar-refractivity contribution in [3.63, 3.8) is 0 Å². The average Bonchev–Trinajstić information content (AvgIpc) is 0.677. The number of fused-ring (bicyclic) bond motifs is 7. The average molecular weight is 1290 g/mol. The smallest absolute Gasteiger partial charge is 0.315 e. The second kappa shape index (κ2) is 29.6. The molecule has 23 nitrogen and oxygen atoms in total. The summed E-state index contributed by atoms with van der Waals surface area (Å²) in [7, 11) is 22.8. The number of hydrogen-bond acceptors (Lipinski definition) is 23. The highest BCUT2D eigenvalue weighted by atomic mass is 16.8. The van der Waals surface area contributed by atoms with Crippen LogP contribution in [0.1, 0.15) is 106 Å². The topological polar surface area (TPSA) is 220 Å². The SMILES string of the molecule is COC[C@H]1O[C@@H](OC[C@H]2O[C@@H](OC(=O)[C@@]34CCC(C)(C)C[C@H]3C3=CC[C@@H]5[C@@]6(C)C[C@@H](OC)[C@H](OC)[C@@](C)(COC)[C@@H]6CC[C@@]5(C)[C@]3(C)CC4)[C@H](OC)[C@@H](OC)[C@@H]2OC)[C@H](OC)[C@@H](OC)[C@@H]1O[C@@H]1O[C@@H](C)[C@H](OC)[C@@H](O[C@@H]2OC[C@@H](OC)[C@H](OC)[C@H]2OC)[C@H]1OC. The molecule has 23 heteroatoms. The molecule has 0 aromatic heterocycles. The van der Waals surface area contributed by atoms with E-state index >= 15 is 4.79 Å². The molecular weight excluding hydrogens is 1170 g/mol. The van der Waals surface area contributed by atoms with Crippen molar-refractivity contribution in [3.8, 4) is 0 Å². The molecule has 90 heavy (non-hydrogen) atoms. The number of carbonyl (C=O) groups is 1. The standard InChI is InChI=1S/C67H114O23/c1-36-45(73-12)51(89-58-52(78-17)46(74-13)40(72-11)33-83-58)55(81-20)59(85-36)88-48-41(32-69-8)86-57(53(79-18)50(48)77-16)84-34-42-47(75-14)49(76-15)54(80-19)60(87-42)90-61(68)67-28-26-62(2,3)30-38(67)37-22-23-44-63(4)31-39(71-10)56(82-21)64(5,35-70-9)43(63)24-25-66(44,7)65(37,6)27-29-67/h22,36,38-60H,23-35H2,1-21H3/t36-,38-,39+,40+,41+,42+,43+,44+,45-,46-,47+,48+,49-,50-,51+,52+,53+,54+,55+,56-,57+,58-,59-,60-,63-,64-,65+,66+,67+/m0/s1. The molecule has 0 amide bonds. The Morgan fingerprint density at radius 2 is 1.08 bits per heavy atom. The maximum atomic E-state index is 15.8. The molecular formula is C67H114O23. The van der Waals surface area contributed by atoms with E-state index in [1.807, 2.05) is 28.3 Å². The van der Waals surface area contributed by atoms with E-state index in [-0.39, 0.29) is 71.0 Å². The molecule has 0 aromatic rings. The van der Waals surface area contributed by atoms with Gasteiger partial charge in [-0.1, -0.05) is 53.2 Å². The molecule has 8 fully saturated rings. The molecule has 5 aliphatic carbocycles. The van der Waals surface area contributed by atoms with Gasteiger partial charge in [0.2, 0.25) is 6.29 Å². The van der Waals surface area contributed by atoms with Crippen LogP contribution in [0.2, 0.25) is 0 Å². The first-order chi connectivity index (χ1) is 43.0. The summed E-state index contributed by atoms with van der Waals surface area (Å²) in [5.74, 6) is 0.423. The van der Waals surface area contributed by atoms with Crippen LogP contribution < -0.4 is 0 Å². The molecule has 0 aromatic carbocycles. The van der Waals surface area contributed by atoms with E-state index in [1.165, 1.54) is 5.57 Å². The first-order valence-corrected chi connectivity index (χ1v) is 32.7. The van der Waals surface area contributed by atoms with Gasteiger partial charge in [0, 0.05) is 105 Å². The van der Waals surface area contributed by atoms with E-state index in [0.717, 1.165) is 44.9 Å². The van der Waals surface area contributed by atoms with E-state index in [0.29, 0.717) is 31.3 Å². The van der Waals surface area contributed by atoms with E-state index < -0.39 is 122 Å². The Hall–Kier alpha value is -1.63. The van der Waals surface area contributed by atoms with Gasteiger partial charge in [-0.2, -0.15) is 0 Å². The molecule has 4 heterocycles. The molecule has 29 atom stereocenters. The highest BCUT2D eigenvalue weighted by Crippen LogP contribution is 2.76. The second-order valence-electron chi connectivity index (χ2n) is 28.9. The van der Waals surface area contributed by atoms with Crippen molar-refractivity contribution in [2.24, 2.45) is 50.2 Å². The van der Waals surface area contributed by atoms with Crippen LogP contribution in [0, 0.1) is 50.2 Å². The summed E-state index contributed by atoms with van der Waals surface area (Å²) in [6, 6.07) is 0. The fraction of sp³-hybridized carbons (Fsp3) is 0.955. The first-order valence-electron chi connectivity index (χ1n) is 32.7. The lowest BCUT2D eigenvalue weighted by Crippen LogP contribution is -2.68. The summed E-state index contributed by atoms with van der Waals surface area (Å²) in [5, 5.41) is 0. The molecule has 9 rings (SSSR count). The highest BCUT2D eigenvalue weighted by Gasteiger charge is 2.72. The Bertz CT molecular complexity index is 2350. The quantitative estimate of drug-likeness (QED) is 0.0683. The van der Waals surface area contributed by atoms with Crippen molar-refractivity contribution >= 4 is 5.97 Å². The third-order valence-electron chi connectivity index (χ3n) is 24.4. The van der Waals surface area contributed by atoms with E-state index in [9.17, 15) is 0 Å². The summed E-state index contributed by atoms with van der Waals surface area (Å²) < 4.78 is 139. The number of carbonyl (C=O) groups excluding carboxylic acids is 1. The van der Waals surface area contributed by atoms with Crippen molar-refractivity contribution in [2.75, 3.05) is 126 Å². The van der Waals surface area contributed by atoms with Gasteiger partial charge in [-0.05, 0) is 104 Å². The molecule has 0 unspecified atom stereocenters. The minimum Gasteiger partial charge on any atom is -0.432 e. The summed E-state index contributed by atoms with van der Waals surface area (Å²) in [4.78, 5) is 15.8. The maximum absolute atomic E-state index is 15.8. The van der Waals surface area contributed by atoms with Crippen molar-refractivity contribution in [1.82, 2.24) is 0 Å². The Kier molecular flexibility index (Phi) is 23.9. The Morgan fingerprint density at radius 3 is 1.68 bits per heavy atom. The molecule has 0 bridgehead atoms. The van der Waals surface area contributed by atoms with E-state index in [1.54, 1.807) is 78.2 Å². The number of rotatable bonds is 25. The summed E-state index contributed by atoms with van der Waals surface area (Å²) in [5.41, 5.74) is 0.103. The second-order valence-corrected chi connectivity index (χ2v) is 28.9. The Labute approximate surface area is 536 Å². The zero-order valence-electron chi connectivity index (χ0n) is 58.0. The zero-order valence-corrected chi connectivity index (χ0v) is 58.0. The van der Waals surface area contributed by atoms with Gasteiger partial charge in [0.1, 0.15) is 85.5 Å².